The molecule has 0 aliphatic rings. The van der Waals surface area contributed by atoms with Crippen molar-refractivity contribution in [3.05, 3.63) is 64.2 Å². The molecule has 0 saturated heterocycles. The van der Waals surface area contributed by atoms with E-state index in [0.29, 0.717) is 6.54 Å². The van der Waals surface area contributed by atoms with Crippen LogP contribution in [0.1, 0.15) is 19.4 Å². The van der Waals surface area contributed by atoms with Gasteiger partial charge in [0, 0.05) is 31.4 Å². The molecular weight excluding hydrogens is 344 g/mol. The van der Waals surface area contributed by atoms with Gasteiger partial charge < -0.3 is 15.1 Å². The van der Waals surface area contributed by atoms with Gasteiger partial charge in [0.15, 0.2) is 6.04 Å². The Hall–Kier alpha value is -2.93. The van der Waals surface area contributed by atoms with Crippen molar-refractivity contribution in [2.45, 2.75) is 26.4 Å². The molecule has 7 heteroatoms. The van der Waals surface area contributed by atoms with Gasteiger partial charge in [-0.3, -0.25) is 14.9 Å². The van der Waals surface area contributed by atoms with Crippen LogP contribution in [-0.4, -0.2) is 37.5 Å². The third kappa shape index (κ3) is 5.27. The third-order valence-corrected chi connectivity index (χ3v) is 4.70. The molecule has 2 aromatic rings. The highest BCUT2D eigenvalue weighted by Crippen LogP contribution is 2.23. The van der Waals surface area contributed by atoms with Crippen molar-refractivity contribution in [2.24, 2.45) is 0 Å². The van der Waals surface area contributed by atoms with Crippen LogP contribution in [-0.2, 0) is 11.3 Å². The number of amides is 1. The summed E-state index contributed by atoms with van der Waals surface area (Å²) in [5.41, 5.74) is 2.39. The summed E-state index contributed by atoms with van der Waals surface area (Å²) in [5.74, 6) is -0.230. The smallest absolute Gasteiger partial charge is 0.292 e. The lowest BCUT2D eigenvalue weighted by Crippen LogP contribution is -3.15. The van der Waals surface area contributed by atoms with Crippen LogP contribution >= 0.6 is 0 Å². The fourth-order valence-corrected chi connectivity index (χ4v) is 2.92. The lowest BCUT2D eigenvalue weighted by molar-refractivity contribution is -0.925. The van der Waals surface area contributed by atoms with Crippen LogP contribution in [0.25, 0.3) is 0 Å². The summed E-state index contributed by atoms with van der Waals surface area (Å²) < 4.78 is 0. The summed E-state index contributed by atoms with van der Waals surface area (Å²) in [6, 6.07) is 14.1. The number of nitro groups is 1. The van der Waals surface area contributed by atoms with E-state index in [9.17, 15) is 14.9 Å². The number of nitro benzene ring substituents is 1. The summed E-state index contributed by atoms with van der Waals surface area (Å²) in [4.78, 5) is 26.4. The maximum atomic E-state index is 12.7. The summed E-state index contributed by atoms with van der Waals surface area (Å²) in [6.45, 7) is 5.34. The Kier molecular flexibility index (Phi) is 6.90. The summed E-state index contributed by atoms with van der Waals surface area (Å²) in [7, 11) is 3.99. The maximum absolute atomic E-state index is 12.7. The Labute approximate surface area is 159 Å². The number of carbonyl (C=O) groups excluding carboxylic acids is 1. The largest absolute Gasteiger partial charge is 0.378 e. The first-order valence-electron chi connectivity index (χ1n) is 8.98. The van der Waals surface area contributed by atoms with Gasteiger partial charge in [-0.05, 0) is 32.0 Å². The number of nitrogens with one attached hydrogen (secondary N) is 2. The van der Waals surface area contributed by atoms with E-state index in [0.717, 1.165) is 22.7 Å². The number of hydrogen-bond acceptors (Lipinski definition) is 4. The first kappa shape index (κ1) is 20.4. The van der Waals surface area contributed by atoms with Gasteiger partial charge in [-0.25, -0.2) is 0 Å². The van der Waals surface area contributed by atoms with Gasteiger partial charge in [0.25, 0.3) is 11.6 Å². The Balaban J connectivity index is 2.08. The monoisotopic (exact) mass is 371 g/mol. The molecule has 2 rings (SSSR count). The molecule has 0 aromatic heterocycles. The van der Waals surface area contributed by atoms with Crippen LogP contribution in [0.3, 0.4) is 0 Å². The number of para-hydroxylation sites is 2. The molecule has 0 spiro atoms. The first-order valence-corrected chi connectivity index (χ1v) is 8.98. The van der Waals surface area contributed by atoms with Gasteiger partial charge in [-0.2, -0.15) is 0 Å². The fraction of sp³-hybridized carbons (Fsp3) is 0.350. The van der Waals surface area contributed by atoms with Crippen LogP contribution in [0.2, 0.25) is 0 Å². The lowest BCUT2D eigenvalue weighted by Gasteiger charge is -2.24. The van der Waals surface area contributed by atoms with E-state index in [1.54, 1.807) is 18.2 Å². The van der Waals surface area contributed by atoms with Crippen molar-refractivity contribution in [1.29, 1.82) is 0 Å². The maximum Gasteiger partial charge on any atom is 0.292 e. The minimum atomic E-state index is -0.489. The van der Waals surface area contributed by atoms with Crippen LogP contribution in [0.15, 0.2) is 48.5 Å². The van der Waals surface area contributed by atoms with Crippen LogP contribution in [0.4, 0.5) is 17.1 Å². The molecule has 0 heterocycles. The van der Waals surface area contributed by atoms with Crippen molar-refractivity contribution >= 4 is 23.0 Å². The predicted octanol–water partition coefficient (Wildman–Crippen LogP) is 2.09. The highest BCUT2D eigenvalue weighted by molar-refractivity contribution is 5.95. The second kappa shape index (κ2) is 9.14. The zero-order chi connectivity index (χ0) is 20.0. The summed E-state index contributed by atoms with van der Waals surface area (Å²) in [5, 5.41) is 13.8. The number of likely N-dealkylation sites (N-methyl/N-ethyl adjacent to an activating group) is 1. The van der Waals surface area contributed by atoms with Gasteiger partial charge in [0.1, 0.15) is 12.2 Å². The molecular formula is C20H27N4O3+. The van der Waals surface area contributed by atoms with E-state index >= 15 is 0 Å². The van der Waals surface area contributed by atoms with Gasteiger partial charge in [0.2, 0.25) is 0 Å². The Bertz CT molecular complexity index is 790. The molecule has 7 nitrogen and oxygen atoms in total. The SMILES string of the molecule is CC[NH+](Cc1ccc(N(C)C)cc1)[C@H](C)C(=O)Nc1ccccc1[N+](=O)[O-]. The Morgan fingerprint density at radius 1 is 1.19 bits per heavy atom. The Morgan fingerprint density at radius 2 is 1.81 bits per heavy atom. The number of quaternary nitrogens is 1. The third-order valence-electron chi connectivity index (χ3n) is 4.70. The normalized spacial score (nSPS) is 12.9. The second-order valence-corrected chi connectivity index (χ2v) is 6.73. The van der Waals surface area contributed by atoms with Crippen molar-refractivity contribution in [3.63, 3.8) is 0 Å². The van der Waals surface area contributed by atoms with E-state index in [1.807, 2.05) is 32.8 Å². The molecule has 0 aliphatic heterocycles. The van der Waals surface area contributed by atoms with Gasteiger partial charge in [-0.15, -0.1) is 0 Å². The molecule has 0 saturated carbocycles. The predicted molar refractivity (Wildman–Crippen MR) is 107 cm³/mol. The van der Waals surface area contributed by atoms with Crippen molar-refractivity contribution < 1.29 is 14.6 Å². The zero-order valence-corrected chi connectivity index (χ0v) is 16.2. The van der Waals surface area contributed by atoms with E-state index < -0.39 is 4.92 Å². The second-order valence-electron chi connectivity index (χ2n) is 6.73. The van der Waals surface area contributed by atoms with Crippen LogP contribution < -0.4 is 15.1 Å². The average molecular weight is 371 g/mol. The molecule has 144 valence electrons. The first-order chi connectivity index (χ1) is 12.8. The molecule has 27 heavy (non-hydrogen) atoms. The van der Waals surface area contributed by atoms with Crippen LogP contribution in [0.5, 0.6) is 0 Å². The standard InChI is InChI=1S/C20H26N4O3/c1-5-23(14-16-10-12-17(13-11-16)22(3)4)15(2)20(25)21-18-8-6-7-9-19(18)24(26)27/h6-13,15H,5,14H2,1-4H3,(H,21,25)/p+1/t15-/m1/s1. The molecule has 0 bridgehead atoms. The fourth-order valence-electron chi connectivity index (χ4n) is 2.92. The summed E-state index contributed by atoms with van der Waals surface area (Å²) in [6.07, 6.45) is 0. The number of anilines is 2. The molecule has 1 amide bonds. The summed E-state index contributed by atoms with van der Waals surface area (Å²) >= 11 is 0. The molecule has 2 atom stereocenters. The molecule has 0 aliphatic carbocycles. The quantitative estimate of drug-likeness (QED) is 0.550. The van der Waals surface area contributed by atoms with E-state index in [2.05, 4.69) is 29.6 Å². The van der Waals surface area contributed by atoms with Crippen molar-refractivity contribution in [3.8, 4) is 0 Å². The van der Waals surface area contributed by atoms with E-state index in [4.69, 9.17) is 0 Å². The van der Waals surface area contributed by atoms with Crippen molar-refractivity contribution in [2.75, 3.05) is 30.9 Å². The lowest BCUT2D eigenvalue weighted by atomic mass is 10.1. The van der Waals surface area contributed by atoms with Crippen molar-refractivity contribution in [1.82, 2.24) is 0 Å². The number of carbonyl (C=O) groups is 1. The highest BCUT2D eigenvalue weighted by Gasteiger charge is 2.26. The minimum Gasteiger partial charge on any atom is -0.378 e. The number of benzene rings is 2. The molecule has 0 radical (unpaired) electrons. The zero-order valence-electron chi connectivity index (χ0n) is 16.2. The van der Waals surface area contributed by atoms with Gasteiger partial charge >= 0.3 is 0 Å². The number of nitrogens with zero attached hydrogens (tertiary/aromatic N) is 2. The topological polar surface area (TPSA) is 79.9 Å². The minimum absolute atomic E-state index is 0.102. The Morgan fingerprint density at radius 3 is 2.37 bits per heavy atom. The van der Waals surface area contributed by atoms with Crippen LogP contribution in [0, 0.1) is 10.1 Å². The molecule has 0 fully saturated rings. The average Bonchev–Trinajstić information content (AvgIpc) is 2.66. The molecule has 1 unspecified atom stereocenters. The molecule has 2 aromatic carbocycles. The molecule has 2 N–H and O–H groups in total. The van der Waals surface area contributed by atoms with Gasteiger partial charge in [0.05, 0.1) is 11.5 Å². The van der Waals surface area contributed by atoms with E-state index in [1.165, 1.54) is 6.07 Å². The highest BCUT2D eigenvalue weighted by atomic mass is 16.6. The number of hydrogen-bond donors (Lipinski definition) is 2. The van der Waals surface area contributed by atoms with Gasteiger partial charge in [-0.1, -0.05) is 24.3 Å². The van der Waals surface area contributed by atoms with E-state index in [-0.39, 0.29) is 23.3 Å². The number of rotatable bonds is 8.